The van der Waals surface area contributed by atoms with E-state index in [1.165, 1.54) is 24.8 Å². The third-order valence-electron chi connectivity index (χ3n) is 3.42. The second-order valence-electron chi connectivity index (χ2n) is 4.63. The van der Waals surface area contributed by atoms with Gasteiger partial charge < -0.3 is 5.32 Å². The fraction of sp³-hybridized carbons (Fsp3) is 0.750. The van der Waals surface area contributed by atoms with Crippen LogP contribution in [0.4, 0.5) is 0 Å². The second kappa shape index (κ2) is 3.85. The zero-order chi connectivity index (χ0) is 10.1. The number of rotatable bonds is 1. The van der Waals surface area contributed by atoms with E-state index >= 15 is 0 Å². The Bertz CT molecular complexity index is 280. The zero-order valence-electron chi connectivity index (χ0n) is 9.10. The molecule has 0 saturated heterocycles. The van der Waals surface area contributed by atoms with Crippen molar-refractivity contribution in [1.29, 1.82) is 0 Å². The van der Waals surface area contributed by atoms with Crippen LogP contribution in [0.2, 0.25) is 0 Å². The first-order chi connectivity index (χ1) is 6.68. The van der Waals surface area contributed by atoms with E-state index in [4.69, 9.17) is 0 Å². The Labute approximate surface area is 85.8 Å². The van der Waals surface area contributed by atoms with Crippen molar-refractivity contribution in [2.45, 2.75) is 58.0 Å². The lowest BCUT2D eigenvalue weighted by molar-refractivity contribution is -0.114. The maximum absolute atomic E-state index is 11.5. The van der Waals surface area contributed by atoms with E-state index in [1.807, 2.05) is 0 Å². The standard InChI is InChI=1S/C12H19NO/c1-8-7-11(9(2)14)10-5-3-4-6-12(10)13-8/h8,12-13H,3-7H2,1-2H3. The van der Waals surface area contributed by atoms with Gasteiger partial charge >= 0.3 is 0 Å². The average Bonchev–Trinajstić information content (AvgIpc) is 2.16. The molecule has 2 atom stereocenters. The van der Waals surface area contributed by atoms with Crippen LogP contribution >= 0.6 is 0 Å². The Morgan fingerprint density at radius 2 is 2.21 bits per heavy atom. The lowest BCUT2D eigenvalue weighted by Crippen LogP contribution is -2.44. The van der Waals surface area contributed by atoms with Gasteiger partial charge in [0.15, 0.2) is 5.78 Å². The summed E-state index contributed by atoms with van der Waals surface area (Å²) in [6.07, 6.45) is 5.86. The summed E-state index contributed by atoms with van der Waals surface area (Å²) in [7, 11) is 0. The summed E-state index contributed by atoms with van der Waals surface area (Å²) < 4.78 is 0. The molecule has 1 saturated carbocycles. The van der Waals surface area contributed by atoms with E-state index < -0.39 is 0 Å². The summed E-state index contributed by atoms with van der Waals surface area (Å²) in [5, 5.41) is 3.59. The topological polar surface area (TPSA) is 29.1 Å². The van der Waals surface area contributed by atoms with Crippen LogP contribution in [0.5, 0.6) is 0 Å². The van der Waals surface area contributed by atoms with Crippen LogP contribution in [0.3, 0.4) is 0 Å². The van der Waals surface area contributed by atoms with Crippen molar-refractivity contribution < 1.29 is 4.79 Å². The molecule has 0 radical (unpaired) electrons. The van der Waals surface area contributed by atoms with Gasteiger partial charge in [0.1, 0.15) is 0 Å². The first kappa shape index (κ1) is 9.91. The molecule has 1 heterocycles. The van der Waals surface area contributed by atoms with Crippen LogP contribution < -0.4 is 5.32 Å². The molecule has 0 amide bonds. The van der Waals surface area contributed by atoms with E-state index in [0.717, 1.165) is 18.4 Å². The van der Waals surface area contributed by atoms with Gasteiger partial charge in [-0.3, -0.25) is 4.79 Å². The molecular weight excluding hydrogens is 174 g/mol. The molecule has 1 N–H and O–H groups in total. The molecule has 0 aromatic rings. The predicted octanol–water partition coefficient (Wildman–Crippen LogP) is 2.20. The highest BCUT2D eigenvalue weighted by Gasteiger charge is 2.29. The summed E-state index contributed by atoms with van der Waals surface area (Å²) in [6.45, 7) is 3.89. The minimum absolute atomic E-state index is 0.292. The SMILES string of the molecule is CC(=O)C1=C2CCCCC2NC(C)C1. The molecule has 1 aliphatic carbocycles. The summed E-state index contributed by atoms with van der Waals surface area (Å²) >= 11 is 0. The Hall–Kier alpha value is -0.630. The summed E-state index contributed by atoms with van der Waals surface area (Å²) in [6, 6.07) is 0.979. The number of nitrogens with one attached hydrogen (secondary N) is 1. The van der Waals surface area contributed by atoms with Crippen molar-refractivity contribution in [3.05, 3.63) is 11.1 Å². The van der Waals surface area contributed by atoms with Crippen molar-refractivity contribution in [1.82, 2.24) is 5.32 Å². The molecule has 78 valence electrons. The van der Waals surface area contributed by atoms with Gasteiger partial charge in [0.2, 0.25) is 0 Å². The van der Waals surface area contributed by atoms with Crippen molar-refractivity contribution in [3.8, 4) is 0 Å². The molecule has 2 unspecified atom stereocenters. The van der Waals surface area contributed by atoms with Gasteiger partial charge in [0.05, 0.1) is 0 Å². The average molecular weight is 193 g/mol. The van der Waals surface area contributed by atoms with Gasteiger partial charge in [0.25, 0.3) is 0 Å². The first-order valence-electron chi connectivity index (χ1n) is 5.67. The van der Waals surface area contributed by atoms with Gasteiger partial charge in [-0.15, -0.1) is 0 Å². The van der Waals surface area contributed by atoms with Gasteiger partial charge in [-0.25, -0.2) is 0 Å². The van der Waals surface area contributed by atoms with Gasteiger partial charge in [0, 0.05) is 12.1 Å². The number of hydrogen-bond donors (Lipinski definition) is 1. The molecule has 0 aromatic carbocycles. The third-order valence-corrected chi connectivity index (χ3v) is 3.42. The predicted molar refractivity (Wildman–Crippen MR) is 57.2 cm³/mol. The number of carbonyl (C=O) groups excluding carboxylic acids is 1. The maximum Gasteiger partial charge on any atom is 0.155 e. The molecule has 1 fully saturated rings. The molecule has 0 aromatic heterocycles. The van der Waals surface area contributed by atoms with Gasteiger partial charge in [-0.05, 0) is 50.7 Å². The van der Waals surface area contributed by atoms with Crippen LogP contribution in [-0.2, 0) is 4.79 Å². The molecule has 2 aliphatic rings. The zero-order valence-corrected chi connectivity index (χ0v) is 9.10. The summed E-state index contributed by atoms with van der Waals surface area (Å²) in [5.41, 5.74) is 2.54. The molecule has 14 heavy (non-hydrogen) atoms. The quantitative estimate of drug-likeness (QED) is 0.691. The Morgan fingerprint density at radius 3 is 2.93 bits per heavy atom. The van der Waals surface area contributed by atoms with Crippen LogP contribution in [0, 0.1) is 0 Å². The third kappa shape index (κ3) is 1.76. The Kier molecular flexibility index (Phi) is 2.73. The number of ketones is 1. The van der Waals surface area contributed by atoms with Crippen LogP contribution in [0.15, 0.2) is 11.1 Å². The minimum Gasteiger partial charge on any atom is -0.307 e. The molecule has 0 spiro atoms. The number of fused-ring (bicyclic) bond motifs is 1. The van der Waals surface area contributed by atoms with Crippen LogP contribution in [0.1, 0.15) is 46.0 Å². The van der Waals surface area contributed by atoms with Crippen LogP contribution in [-0.4, -0.2) is 17.9 Å². The van der Waals surface area contributed by atoms with E-state index in [1.54, 1.807) is 6.92 Å². The highest BCUT2D eigenvalue weighted by molar-refractivity contribution is 5.94. The normalized spacial score (nSPS) is 32.7. The monoisotopic (exact) mass is 193 g/mol. The van der Waals surface area contributed by atoms with E-state index in [-0.39, 0.29) is 0 Å². The number of hydrogen-bond acceptors (Lipinski definition) is 2. The number of carbonyl (C=O) groups is 1. The van der Waals surface area contributed by atoms with Gasteiger partial charge in [-0.2, -0.15) is 0 Å². The maximum atomic E-state index is 11.5. The highest BCUT2D eigenvalue weighted by Crippen LogP contribution is 2.32. The molecule has 2 heteroatoms. The molecular formula is C12H19NO. The molecule has 1 aliphatic heterocycles. The smallest absolute Gasteiger partial charge is 0.155 e. The van der Waals surface area contributed by atoms with E-state index in [9.17, 15) is 4.79 Å². The Morgan fingerprint density at radius 1 is 1.43 bits per heavy atom. The van der Waals surface area contributed by atoms with E-state index in [0.29, 0.717) is 17.9 Å². The fourth-order valence-corrected chi connectivity index (χ4v) is 2.77. The Balaban J connectivity index is 2.30. The molecule has 0 bridgehead atoms. The van der Waals surface area contributed by atoms with E-state index in [2.05, 4.69) is 12.2 Å². The van der Waals surface area contributed by atoms with Crippen molar-refractivity contribution in [2.24, 2.45) is 0 Å². The summed E-state index contributed by atoms with van der Waals surface area (Å²) in [4.78, 5) is 11.5. The summed E-state index contributed by atoms with van der Waals surface area (Å²) in [5.74, 6) is 0.292. The lowest BCUT2D eigenvalue weighted by Gasteiger charge is -2.36. The lowest BCUT2D eigenvalue weighted by atomic mass is 9.80. The van der Waals surface area contributed by atoms with Crippen molar-refractivity contribution in [2.75, 3.05) is 0 Å². The molecule has 2 nitrogen and oxygen atoms in total. The first-order valence-corrected chi connectivity index (χ1v) is 5.67. The fourth-order valence-electron chi connectivity index (χ4n) is 2.77. The van der Waals surface area contributed by atoms with Gasteiger partial charge in [-0.1, -0.05) is 6.42 Å². The minimum atomic E-state index is 0.292. The largest absolute Gasteiger partial charge is 0.307 e. The van der Waals surface area contributed by atoms with Crippen LogP contribution in [0.25, 0.3) is 0 Å². The second-order valence-corrected chi connectivity index (χ2v) is 4.63. The van der Waals surface area contributed by atoms with Crippen molar-refractivity contribution >= 4 is 5.78 Å². The molecule has 2 rings (SSSR count). The number of Topliss-reactive ketones (excluding diaryl/α,β-unsaturated/α-hetero) is 1. The highest BCUT2D eigenvalue weighted by atomic mass is 16.1. The van der Waals surface area contributed by atoms with Crippen molar-refractivity contribution in [3.63, 3.8) is 0 Å².